The second kappa shape index (κ2) is 5.37. The Balaban J connectivity index is 2.20. The molecule has 0 fully saturated rings. The topological polar surface area (TPSA) is 80.0 Å². The van der Waals surface area contributed by atoms with E-state index in [0.29, 0.717) is 6.54 Å². The van der Waals surface area contributed by atoms with E-state index in [1.807, 2.05) is 18.2 Å². The van der Waals surface area contributed by atoms with Crippen LogP contribution in [0.15, 0.2) is 30.6 Å². The maximum Gasteiger partial charge on any atom is 0.239 e. The number of nitrogens with two attached hydrogens (primary N) is 1. The normalized spacial score (nSPS) is 10.2. The van der Waals surface area contributed by atoms with Gasteiger partial charge < -0.3 is 4.90 Å². The van der Waals surface area contributed by atoms with Crippen molar-refractivity contribution in [1.29, 1.82) is 0 Å². The van der Waals surface area contributed by atoms with Crippen molar-refractivity contribution in [1.82, 2.24) is 15.0 Å². The molecular formula is C11H13FN6. The molecule has 0 spiro atoms. The van der Waals surface area contributed by atoms with E-state index in [1.54, 1.807) is 18.1 Å². The average molecular weight is 248 g/mol. The molecule has 0 aliphatic heterocycles. The number of nitrogen functional groups attached to an aromatic ring is 1. The lowest BCUT2D eigenvalue weighted by Gasteiger charge is -2.18. The van der Waals surface area contributed by atoms with Gasteiger partial charge in [0.2, 0.25) is 5.95 Å². The van der Waals surface area contributed by atoms with E-state index in [1.165, 1.54) is 0 Å². The SMILES string of the molecule is CN(Cc1ccccn1)c1nc(NN)ncc1F. The first-order valence-electron chi connectivity index (χ1n) is 5.31. The Labute approximate surface area is 104 Å². The minimum atomic E-state index is -0.507. The molecule has 0 aliphatic rings. The zero-order valence-electron chi connectivity index (χ0n) is 9.84. The van der Waals surface area contributed by atoms with Crippen molar-refractivity contribution in [2.24, 2.45) is 5.84 Å². The summed E-state index contributed by atoms with van der Waals surface area (Å²) in [7, 11) is 1.72. The molecule has 0 unspecified atom stereocenters. The van der Waals surface area contributed by atoms with Gasteiger partial charge in [-0.05, 0) is 12.1 Å². The molecule has 6 nitrogen and oxygen atoms in total. The van der Waals surface area contributed by atoms with Gasteiger partial charge in [0.1, 0.15) is 0 Å². The lowest BCUT2D eigenvalue weighted by Crippen LogP contribution is -2.21. The van der Waals surface area contributed by atoms with Crippen LogP contribution < -0.4 is 16.2 Å². The van der Waals surface area contributed by atoms with Crippen molar-refractivity contribution >= 4 is 11.8 Å². The van der Waals surface area contributed by atoms with Gasteiger partial charge >= 0.3 is 0 Å². The molecule has 18 heavy (non-hydrogen) atoms. The highest BCUT2D eigenvalue weighted by molar-refractivity contribution is 5.43. The molecule has 0 saturated carbocycles. The number of hydrogen-bond donors (Lipinski definition) is 2. The molecule has 0 aliphatic carbocycles. The van der Waals surface area contributed by atoms with E-state index in [2.05, 4.69) is 20.4 Å². The molecule has 3 N–H and O–H groups in total. The maximum atomic E-state index is 13.6. The van der Waals surface area contributed by atoms with Crippen LogP contribution in [0.5, 0.6) is 0 Å². The molecule has 0 bridgehead atoms. The third-order valence-electron chi connectivity index (χ3n) is 2.34. The standard InChI is InChI=1S/C11H13FN6/c1-18(7-8-4-2-3-5-14-8)10-9(12)6-15-11(16-10)17-13/h2-6H,7,13H2,1H3,(H,15,16,17). The number of anilines is 2. The predicted molar refractivity (Wildman–Crippen MR) is 66.1 cm³/mol. The van der Waals surface area contributed by atoms with Gasteiger partial charge in [-0.3, -0.25) is 10.4 Å². The second-order valence-corrected chi connectivity index (χ2v) is 3.69. The highest BCUT2D eigenvalue weighted by atomic mass is 19.1. The van der Waals surface area contributed by atoms with Crippen molar-refractivity contribution in [3.63, 3.8) is 0 Å². The summed E-state index contributed by atoms with van der Waals surface area (Å²) in [4.78, 5) is 13.5. The van der Waals surface area contributed by atoms with Gasteiger partial charge in [-0.25, -0.2) is 15.2 Å². The van der Waals surface area contributed by atoms with E-state index < -0.39 is 5.82 Å². The fourth-order valence-corrected chi connectivity index (χ4v) is 1.50. The highest BCUT2D eigenvalue weighted by Gasteiger charge is 2.12. The van der Waals surface area contributed by atoms with Crippen LogP contribution in [0.3, 0.4) is 0 Å². The number of halogens is 1. The van der Waals surface area contributed by atoms with Crippen molar-refractivity contribution in [2.75, 3.05) is 17.4 Å². The maximum absolute atomic E-state index is 13.6. The zero-order valence-corrected chi connectivity index (χ0v) is 9.84. The largest absolute Gasteiger partial charge is 0.351 e. The van der Waals surface area contributed by atoms with Gasteiger partial charge in [0, 0.05) is 13.2 Å². The molecule has 2 aromatic rings. The lowest BCUT2D eigenvalue weighted by molar-refractivity contribution is 0.607. The highest BCUT2D eigenvalue weighted by Crippen LogP contribution is 2.17. The number of nitrogens with zero attached hydrogens (tertiary/aromatic N) is 4. The van der Waals surface area contributed by atoms with E-state index in [-0.39, 0.29) is 11.8 Å². The second-order valence-electron chi connectivity index (χ2n) is 3.69. The van der Waals surface area contributed by atoms with Crippen LogP contribution in [0.2, 0.25) is 0 Å². The van der Waals surface area contributed by atoms with Gasteiger partial charge in [-0.2, -0.15) is 4.98 Å². The molecule has 0 amide bonds. The monoisotopic (exact) mass is 248 g/mol. The predicted octanol–water partition coefficient (Wildman–Crippen LogP) is 0.933. The molecule has 0 aromatic carbocycles. The van der Waals surface area contributed by atoms with Crippen LogP contribution in [0.25, 0.3) is 0 Å². The van der Waals surface area contributed by atoms with Crippen LogP contribution in [0.4, 0.5) is 16.2 Å². The minimum absolute atomic E-state index is 0.166. The average Bonchev–Trinajstić information content (AvgIpc) is 2.40. The fraction of sp³-hybridized carbons (Fsp3) is 0.182. The quantitative estimate of drug-likeness (QED) is 0.619. The summed E-state index contributed by atoms with van der Waals surface area (Å²) in [6, 6.07) is 5.56. The molecule has 2 heterocycles. The summed E-state index contributed by atoms with van der Waals surface area (Å²) in [6.45, 7) is 0.443. The molecule has 2 rings (SSSR count). The Hall–Kier alpha value is -2.28. The smallest absolute Gasteiger partial charge is 0.239 e. The number of nitrogens with one attached hydrogen (secondary N) is 1. The van der Waals surface area contributed by atoms with Crippen LogP contribution >= 0.6 is 0 Å². The summed E-state index contributed by atoms with van der Waals surface area (Å²) in [6.07, 6.45) is 2.76. The van der Waals surface area contributed by atoms with Gasteiger partial charge in [-0.15, -0.1) is 0 Å². The Bertz CT molecular complexity index is 518. The van der Waals surface area contributed by atoms with E-state index >= 15 is 0 Å². The first-order chi connectivity index (χ1) is 8.70. The van der Waals surface area contributed by atoms with E-state index in [9.17, 15) is 4.39 Å². The fourth-order valence-electron chi connectivity index (χ4n) is 1.50. The van der Waals surface area contributed by atoms with Crippen molar-refractivity contribution < 1.29 is 4.39 Å². The Morgan fingerprint density at radius 1 is 1.39 bits per heavy atom. The third kappa shape index (κ3) is 2.69. The first kappa shape index (κ1) is 12.2. The van der Waals surface area contributed by atoms with Gasteiger partial charge in [-0.1, -0.05) is 6.07 Å². The Morgan fingerprint density at radius 2 is 2.22 bits per heavy atom. The number of rotatable bonds is 4. The molecule has 0 atom stereocenters. The van der Waals surface area contributed by atoms with Crippen molar-refractivity contribution in [2.45, 2.75) is 6.54 Å². The summed E-state index contributed by atoms with van der Waals surface area (Å²) < 4.78 is 13.6. The van der Waals surface area contributed by atoms with Gasteiger partial charge in [0.25, 0.3) is 0 Å². The van der Waals surface area contributed by atoms with E-state index in [0.717, 1.165) is 11.9 Å². The van der Waals surface area contributed by atoms with Crippen LogP contribution in [-0.4, -0.2) is 22.0 Å². The molecule has 94 valence electrons. The third-order valence-corrected chi connectivity index (χ3v) is 2.34. The van der Waals surface area contributed by atoms with E-state index in [4.69, 9.17) is 5.84 Å². The summed E-state index contributed by atoms with van der Waals surface area (Å²) in [5.74, 6) is 5.02. The number of aromatic nitrogens is 3. The number of hydrazine groups is 1. The minimum Gasteiger partial charge on any atom is -0.351 e. The molecule has 0 saturated heterocycles. The zero-order chi connectivity index (χ0) is 13.0. The molecular weight excluding hydrogens is 235 g/mol. The van der Waals surface area contributed by atoms with Gasteiger partial charge in [0.15, 0.2) is 11.6 Å². The molecule has 0 radical (unpaired) electrons. The lowest BCUT2D eigenvalue weighted by atomic mass is 10.3. The van der Waals surface area contributed by atoms with Crippen molar-refractivity contribution in [3.8, 4) is 0 Å². The summed E-state index contributed by atoms with van der Waals surface area (Å²) in [5, 5.41) is 0. The Kier molecular flexibility index (Phi) is 3.63. The van der Waals surface area contributed by atoms with Crippen molar-refractivity contribution in [3.05, 3.63) is 42.1 Å². The molecule has 7 heteroatoms. The number of hydrogen-bond acceptors (Lipinski definition) is 6. The van der Waals surface area contributed by atoms with Crippen LogP contribution in [0, 0.1) is 5.82 Å². The summed E-state index contributed by atoms with van der Waals surface area (Å²) >= 11 is 0. The number of pyridine rings is 1. The van der Waals surface area contributed by atoms with Crippen LogP contribution in [-0.2, 0) is 6.54 Å². The van der Waals surface area contributed by atoms with Gasteiger partial charge in [0.05, 0.1) is 18.4 Å². The van der Waals surface area contributed by atoms with Crippen LogP contribution in [0.1, 0.15) is 5.69 Å². The Morgan fingerprint density at radius 3 is 2.89 bits per heavy atom. The summed E-state index contributed by atoms with van der Waals surface area (Å²) in [5.41, 5.74) is 3.10. The first-order valence-corrected chi connectivity index (χ1v) is 5.31. The molecule has 2 aromatic heterocycles.